The van der Waals surface area contributed by atoms with E-state index in [1.165, 1.54) is 0 Å². The molecular formula is C23H29BrN2O4. The van der Waals surface area contributed by atoms with Crippen LogP contribution in [0.15, 0.2) is 45.3 Å². The number of likely N-dealkylation sites (tertiary alicyclic amines) is 1. The lowest BCUT2D eigenvalue weighted by atomic mass is 9.95. The molecule has 0 atom stereocenters. The van der Waals surface area contributed by atoms with Crippen molar-refractivity contribution in [2.45, 2.75) is 39.2 Å². The normalized spacial score (nSPS) is 14.6. The zero-order valence-electron chi connectivity index (χ0n) is 17.6. The lowest BCUT2D eigenvalue weighted by molar-refractivity contribution is -0.135. The van der Waals surface area contributed by atoms with Crippen LogP contribution in [0.1, 0.15) is 48.9 Å². The van der Waals surface area contributed by atoms with Gasteiger partial charge in [-0.15, -0.1) is 0 Å². The number of unbranched alkanes of at least 4 members (excludes halogenated alkanes) is 1. The monoisotopic (exact) mass is 476 g/mol. The second kappa shape index (κ2) is 10.7. The zero-order valence-corrected chi connectivity index (χ0v) is 19.2. The van der Waals surface area contributed by atoms with Crippen molar-refractivity contribution in [3.63, 3.8) is 0 Å². The minimum Gasteiger partial charge on any atom is -0.486 e. The fraction of sp³-hybridized carbons (Fsp3) is 0.478. The molecule has 2 amide bonds. The molecule has 162 valence electrons. The van der Waals surface area contributed by atoms with Crippen LogP contribution in [-0.4, -0.2) is 48.3 Å². The summed E-state index contributed by atoms with van der Waals surface area (Å²) in [5, 5.41) is 0. The number of hydrogen-bond donors (Lipinski definition) is 0. The van der Waals surface area contributed by atoms with Gasteiger partial charge in [-0.1, -0.05) is 29.3 Å². The number of amides is 2. The van der Waals surface area contributed by atoms with E-state index < -0.39 is 0 Å². The molecule has 7 heteroatoms. The van der Waals surface area contributed by atoms with Gasteiger partial charge in [0, 0.05) is 37.1 Å². The highest BCUT2D eigenvalue weighted by Crippen LogP contribution is 2.23. The number of piperidine rings is 1. The first-order chi connectivity index (χ1) is 14.5. The molecular weight excluding hydrogens is 448 g/mol. The summed E-state index contributed by atoms with van der Waals surface area (Å²) in [7, 11) is 1.87. The molecule has 1 aliphatic heterocycles. The van der Waals surface area contributed by atoms with Gasteiger partial charge in [0.15, 0.2) is 5.76 Å². The second-order valence-electron chi connectivity index (χ2n) is 7.69. The number of nitrogens with zero attached hydrogens (tertiary/aromatic N) is 2. The third-order valence-electron chi connectivity index (χ3n) is 5.42. The second-order valence-corrected chi connectivity index (χ2v) is 8.60. The van der Waals surface area contributed by atoms with Gasteiger partial charge in [0.05, 0.1) is 0 Å². The minimum absolute atomic E-state index is 0.00220. The topological polar surface area (TPSA) is 63.0 Å². The molecule has 0 bridgehead atoms. The lowest BCUT2D eigenvalue weighted by Crippen LogP contribution is -2.43. The summed E-state index contributed by atoms with van der Waals surface area (Å²) in [6.07, 6.45) is 3.48. The van der Waals surface area contributed by atoms with Gasteiger partial charge in [0.2, 0.25) is 5.91 Å². The van der Waals surface area contributed by atoms with Crippen molar-refractivity contribution >= 4 is 27.7 Å². The number of carbonyl (C=O) groups excluding carboxylic acids is 2. The highest BCUT2D eigenvalue weighted by atomic mass is 79.9. The van der Waals surface area contributed by atoms with Crippen molar-refractivity contribution < 1.29 is 18.7 Å². The number of rotatable bonds is 8. The Hall–Kier alpha value is -2.28. The standard InChI is InChI=1S/C23H29BrN2O4/c1-3-4-13-25(2)22(27)17-11-14-26(15-12-17)23(28)21-10-9-20(30-21)16-29-19-7-5-18(24)6-8-19/h5-10,17H,3-4,11-16H2,1-2H3. The van der Waals surface area contributed by atoms with Crippen molar-refractivity contribution in [2.75, 3.05) is 26.7 Å². The van der Waals surface area contributed by atoms with Crippen molar-refractivity contribution in [3.05, 3.63) is 52.4 Å². The smallest absolute Gasteiger partial charge is 0.289 e. The molecule has 1 aromatic heterocycles. The van der Waals surface area contributed by atoms with E-state index in [1.54, 1.807) is 17.0 Å². The zero-order chi connectivity index (χ0) is 21.5. The molecule has 0 radical (unpaired) electrons. The summed E-state index contributed by atoms with van der Waals surface area (Å²) in [5.74, 6) is 1.72. The van der Waals surface area contributed by atoms with Gasteiger partial charge >= 0.3 is 0 Å². The summed E-state index contributed by atoms with van der Waals surface area (Å²) >= 11 is 3.39. The van der Waals surface area contributed by atoms with Crippen LogP contribution in [0.2, 0.25) is 0 Å². The van der Waals surface area contributed by atoms with Crippen molar-refractivity contribution in [2.24, 2.45) is 5.92 Å². The summed E-state index contributed by atoms with van der Waals surface area (Å²) in [6.45, 7) is 4.32. The highest BCUT2D eigenvalue weighted by molar-refractivity contribution is 9.10. The van der Waals surface area contributed by atoms with Gasteiger partial charge in [-0.2, -0.15) is 0 Å². The molecule has 3 rings (SSSR count). The Bertz CT molecular complexity index is 841. The average molecular weight is 477 g/mol. The summed E-state index contributed by atoms with van der Waals surface area (Å²) < 4.78 is 12.4. The molecule has 0 spiro atoms. The predicted octanol–water partition coefficient (Wildman–Crippen LogP) is 4.73. The molecule has 0 N–H and O–H groups in total. The fourth-order valence-electron chi connectivity index (χ4n) is 3.56. The molecule has 6 nitrogen and oxygen atoms in total. The molecule has 2 heterocycles. The molecule has 0 unspecified atom stereocenters. The maximum atomic E-state index is 12.8. The van der Waals surface area contributed by atoms with Crippen LogP contribution in [0.4, 0.5) is 0 Å². The first-order valence-corrected chi connectivity index (χ1v) is 11.3. The largest absolute Gasteiger partial charge is 0.486 e. The van der Waals surface area contributed by atoms with E-state index in [9.17, 15) is 9.59 Å². The molecule has 1 aromatic carbocycles. The molecule has 2 aromatic rings. The Morgan fingerprint density at radius 1 is 1.17 bits per heavy atom. The van der Waals surface area contributed by atoms with Crippen LogP contribution in [0.5, 0.6) is 5.75 Å². The van der Waals surface area contributed by atoms with E-state index in [2.05, 4.69) is 22.9 Å². The Kier molecular flexibility index (Phi) is 7.96. The summed E-state index contributed by atoms with van der Waals surface area (Å²) in [5.41, 5.74) is 0. The van der Waals surface area contributed by atoms with Crippen LogP contribution >= 0.6 is 15.9 Å². The molecule has 1 aliphatic rings. The van der Waals surface area contributed by atoms with Crippen molar-refractivity contribution in [1.29, 1.82) is 0 Å². The van der Waals surface area contributed by atoms with Gasteiger partial charge in [-0.05, 0) is 55.7 Å². The first kappa shape index (κ1) is 22.4. The first-order valence-electron chi connectivity index (χ1n) is 10.5. The van der Waals surface area contributed by atoms with E-state index in [0.717, 1.165) is 29.6 Å². The van der Waals surface area contributed by atoms with E-state index in [0.29, 0.717) is 37.5 Å². The number of halogens is 1. The lowest BCUT2D eigenvalue weighted by Gasteiger charge is -2.32. The maximum absolute atomic E-state index is 12.8. The van der Waals surface area contributed by atoms with Gasteiger partial charge in [-0.3, -0.25) is 9.59 Å². The number of ether oxygens (including phenoxy) is 1. The molecule has 1 fully saturated rings. The third kappa shape index (κ3) is 5.88. The quantitative estimate of drug-likeness (QED) is 0.552. The van der Waals surface area contributed by atoms with Gasteiger partial charge in [0.25, 0.3) is 5.91 Å². The minimum atomic E-state index is -0.130. The average Bonchev–Trinajstić information content (AvgIpc) is 3.25. The summed E-state index contributed by atoms with van der Waals surface area (Å²) in [6, 6.07) is 11.0. The van der Waals surface area contributed by atoms with E-state index in [-0.39, 0.29) is 24.3 Å². The van der Waals surface area contributed by atoms with Crippen LogP contribution in [0, 0.1) is 5.92 Å². The van der Waals surface area contributed by atoms with Gasteiger partial charge in [-0.25, -0.2) is 0 Å². The maximum Gasteiger partial charge on any atom is 0.289 e. The predicted molar refractivity (Wildman–Crippen MR) is 118 cm³/mol. The third-order valence-corrected chi connectivity index (χ3v) is 5.95. The van der Waals surface area contributed by atoms with E-state index >= 15 is 0 Å². The highest BCUT2D eigenvalue weighted by Gasteiger charge is 2.30. The van der Waals surface area contributed by atoms with Crippen LogP contribution in [0.3, 0.4) is 0 Å². The molecule has 0 saturated carbocycles. The van der Waals surface area contributed by atoms with Crippen LogP contribution in [0.25, 0.3) is 0 Å². The fourth-order valence-corrected chi connectivity index (χ4v) is 3.82. The number of furan rings is 1. The number of hydrogen-bond acceptors (Lipinski definition) is 4. The van der Waals surface area contributed by atoms with Crippen LogP contribution in [-0.2, 0) is 11.4 Å². The van der Waals surface area contributed by atoms with E-state index in [1.807, 2.05) is 36.2 Å². The Labute approximate surface area is 186 Å². The SMILES string of the molecule is CCCCN(C)C(=O)C1CCN(C(=O)c2ccc(COc3ccc(Br)cc3)o2)CC1. The Morgan fingerprint density at radius 3 is 2.53 bits per heavy atom. The van der Waals surface area contributed by atoms with E-state index in [4.69, 9.17) is 9.15 Å². The Morgan fingerprint density at radius 2 is 1.87 bits per heavy atom. The molecule has 0 aliphatic carbocycles. The van der Waals surface area contributed by atoms with Gasteiger partial charge < -0.3 is 19.0 Å². The van der Waals surface area contributed by atoms with Crippen LogP contribution < -0.4 is 4.74 Å². The van der Waals surface area contributed by atoms with Gasteiger partial charge in [0.1, 0.15) is 18.1 Å². The summed E-state index contributed by atoms with van der Waals surface area (Å²) in [4.78, 5) is 28.9. The van der Waals surface area contributed by atoms with Crippen molar-refractivity contribution in [1.82, 2.24) is 9.80 Å². The Balaban J connectivity index is 1.48. The molecule has 30 heavy (non-hydrogen) atoms. The van der Waals surface area contributed by atoms with Crippen molar-refractivity contribution in [3.8, 4) is 5.75 Å². The molecule has 1 saturated heterocycles. The number of benzene rings is 1. The number of carbonyl (C=O) groups is 2.